The summed E-state index contributed by atoms with van der Waals surface area (Å²) >= 11 is 0. The van der Waals surface area contributed by atoms with Crippen LogP contribution in [0.15, 0.2) is 0 Å². The molecule has 1 N–H and O–H groups in total. The molecule has 3 aliphatic rings. The van der Waals surface area contributed by atoms with E-state index in [2.05, 4.69) is 5.32 Å². The number of fused-ring (bicyclic) bond motifs is 1. The van der Waals surface area contributed by atoms with Crippen LogP contribution in [0.3, 0.4) is 0 Å². The highest BCUT2D eigenvalue weighted by Crippen LogP contribution is 2.29. The van der Waals surface area contributed by atoms with Crippen molar-refractivity contribution in [3.63, 3.8) is 0 Å². The fourth-order valence-electron chi connectivity index (χ4n) is 3.03. The van der Waals surface area contributed by atoms with Gasteiger partial charge in [0.1, 0.15) is 6.17 Å². The van der Waals surface area contributed by atoms with Crippen LogP contribution >= 0.6 is 0 Å². The predicted octanol–water partition coefficient (Wildman–Crippen LogP) is -0.515. The van der Waals surface area contributed by atoms with Crippen LogP contribution in [0.1, 0.15) is 19.3 Å². The van der Waals surface area contributed by atoms with Gasteiger partial charge in [0.05, 0.1) is 0 Å². The number of rotatable bonds is 2. The highest BCUT2D eigenvalue weighted by molar-refractivity contribution is 7.86. The molecule has 2 atom stereocenters. The van der Waals surface area contributed by atoms with Crippen molar-refractivity contribution in [2.24, 2.45) is 5.92 Å². The molecule has 3 rings (SSSR count). The number of nitrogens with zero attached hydrogens (tertiary/aromatic N) is 2. The second-order valence-electron chi connectivity index (χ2n) is 5.54. The van der Waals surface area contributed by atoms with Gasteiger partial charge in [-0.05, 0) is 18.8 Å². The molecule has 6 nitrogen and oxygen atoms in total. The first kappa shape index (κ1) is 13.3. The summed E-state index contributed by atoms with van der Waals surface area (Å²) in [5, 5.41) is 2.92. The van der Waals surface area contributed by atoms with Gasteiger partial charge in [0, 0.05) is 38.6 Å². The highest BCUT2D eigenvalue weighted by Gasteiger charge is 2.43. The van der Waals surface area contributed by atoms with Gasteiger partial charge in [-0.15, -0.1) is 0 Å². The third kappa shape index (κ3) is 2.36. The first-order chi connectivity index (χ1) is 8.96. The third-order valence-corrected chi connectivity index (χ3v) is 6.18. The minimum absolute atomic E-state index is 0.0241. The van der Waals surface area contributed by atoms with Gasteiger partial charge in [0.2, 0.25) is 5.91 Å². The van der Waals surface area contributed by atoms with Crippen molar-refractivity contribution in [2.45, 2.75) is 31.5 Å². The van der Waals surface area contributed by atoms with Gasteiger partial charge < -0.3 is 5.32 Å². The Morgan fingerprint density at radius 2 is 1.89 bits per heavy atom. The molecule has 3 saturated heterocycles. The van der Waals surface area contributed by atoms with E-state index in [4.69, 9.17) is 0 Å². The first-order valence-electron chi connectivity index (χ1n) is 6.65. The van der Waals surface area contributed by atoms with Crippen LogP contribution in [0.4, 0.5) is 4.39 Å². The number of amides is 1. The Balaban J connectivity index is 1.66. The van der Waals surface area contributed by atoms with Crippen molar-refractivity contribution in [3.05, 3.63) is 0 Å². The van der Waals surface area contributed by atoms with Crippen molar-refractivity contribution in [2.75, 3.05) is 26.2 Å². The number of nitrogens with one attached hydrogen (secondary N) is 1. The summed E-state index contributed by atoms with van der Waals surface area (Å²) in [5.74, 6) is 0.240. The largest absolute Gasteiger partial charge is 0.353 e. The molecule has 3 heterocycles. The van der Waals surface area contributed by atoms with Crippen LogP contribution < -0.4 is 5.32 Å². The zero-order chi connectivity index (χ0) is 13.6. The van der Waals surface area contributed by atoms with E-state index >= 15 is 0 Å². The summed E-state index contributed by atoms with van der Waals surface area (Å²) < 4.78 is 39.9. The molecule has 0 aliphatic carbocycles. The Bertz CT molecular complexity index is 478. The lowest BCUT2D eigenvalue weighted by molar-refractivity contribution is -0.125. The molecule has 8 heteroatoms. The number of hydrogen-bond donors (Lipinski definition) is 1. The molecule has 0 aromatic heterocycles. The zero-order valence-electron chi connectivity index (χ0n) is 10.6. The van der Waals surface area contributed by atoms with E-state index < -0.39 is 16.4 Å². The molecule has 3 aliphatic heterocycles. The lowest BCUT2D eigenvalue weighted by atomic mass is 9.86. The fraction of sp³-hybridized carbons (Fsp3) is 0.909. The van der Waals surface area contributed by atoms with Crippen molar-refractivity contribution < 1.29 is 17.6 Å². The van der Waals surface area contributed by atoms with Crippen LogP contribution in [0.2, 0.25) is 0 Å². The van der Waals surface area contributed by atoms with Crippen LogP contribution in [0, 0.1) is 5.92 Å². The van der Waals surface area contributed by atoms with Gasteiger partial charge in [-0.25, -0.2) is 4.39 Å². The van der Waals surface area contributed by atoms with Gasteiger partial charge in [-0.2, -0.15) is 17.0 Å². The molecule has 0 aromatic carbocycles. The molecular weight excluding hydrogens is 273 g/mol. The number of hydrogen-bond acceptors (Lipinski definition) is 3. The quantitative estimate of drug-likeness (QED) is 0.745. The lowest BCUT2D eigenvalue weighted by Gasteiger charge is -2.44. The van der Waals surface area contributed by atoms with Crippen molar-refractivity contribution in [1.29, 1.82) is 0 Å². The maximum absolute atomic E-state index is 12.8. The molecule has 0 spiro atoms. The third-order valence-electron chi connectivity index (χ3n) is 4.24. The fourth-order valence-corrected chi connectivity index (χ4v) is 4.77. The predicted molar refractivity (Wildman–Crippen MR) is 66.2 cm³/mol. The number of carbonyl (C=O) groups is 1. The highest BCUT2D eigenvalue weighted by atomic mass is 32.2. The molecule has 0 aromatic rings. The van der Waals surface area contributed by atoms with Crippen molar-refractivity contribution in [1.82, 2.24) is 13.9 Å². The SMILES string of the molecule is O=C1CCC2CN(S(=O)(=O)N3CC(F)C3)CCC2N1. The van der Waals surface area contributed by atoms with Gasteiger partial charge >= 0.3 is 0 Å². The van der Waals surface area contributed by atoms with E-state index in [1.165, 1.54) is 8.61 Å². The summed E-state index contributed by atoms with van der Waals surface area (Å²) in [4.78, 5) is 11.3. The number of halogens is 1. The smallest absolute Gasteiger partial charge is 0.282 e. The summed E-state index contributed by atoms with van der Waals surface area (Å²) in [6.07, 6.45) is 0.809. The van der Waals surface area contributed by atoms with E-state index in [9.17, 15) is 17.6 Å². The van der Waals surface area contributed by atoms with Crippen LogP contribution in [0.25, 0.3) is 0 Å². The number of carbonyl (C=O) groups excluding carboxylic acids is 1. The Morgan fingerprint density at radius 3 is 2.58 bits per heavy atom. The van der Waals surface area contributed by atoms with E-state index in [1.54, 1.807) is 0 Å². The average molecular weight is 291 g/mol. The summed E-state index contributed by atoms with van der Waals surface area (Å²) in [6, 6.07) is 0.0954. The van der Waals surface area contributed by atoms with Crippen LogP contribution in [0.5, 0.6) is 0 Å². The molecule has 3 fully saturated rings. The second-order valence-corrected chi connectivity index (χ2v) is 7.47. The van der Waals surface area contributed by atoms with Crippen molar-refractivity contribution >= 4 is 16.1 Å². The van der Waals surface area contributed by atoms with E-state index in [0.29, 0.717) is 25.9 Å². The number of alkyl halides is 1. The maximum atomic E-state index is 12.8. The summed E-state index contributed by atoms with van der Waals surface area (Å²) in [5.41, 5.74) is 0. The molecule has 108 valence electrons. The first-order valence-corrected chi connectivity index (χ1v) is 8.05. The Kier molecular flexibility index (Phi) is 3.26. The van der Waals surface area contributed by atoms with Gasteiger partial charge in [0.15, 0.2) is 0 Å². The zero-order valence-corrected chi connectivity index (χ0v) is 11.4. The minimum Gasteiger partial charge on any atom is -0.353 e. The van der Waals surface area contributed by atoms with E-state index in [-0.39, 0.29) is 31.0 Å². The Labute approximate surface area is 112 Å². The minimum atomic E-state index is -3.51. The second kappa shape index (κ2) is 4.68. The molecular formula is C11H18FN3O3S. The number of piperidine rings is 2. The average Bonchev–Trinajstić information content (AvgIpc) is 2.34. The lowest BCUT2D eigenvalue weighted by Crippen LogP contribution is -2.61. The van der Waals surface area contributed by atoms with E-state index in [0.717, 1.165) is 6.42 Å². The van der Waals surface area contributed by atoms with Crippen molar-refractivity contribution in [3.8, 4) is 0 Å². The topological polar surface area (TPSA) is 69.7 Å². The van der Waals surface area contributed by atoms with Gasteiger partial charge in [-0.3, -0.25) is 4.79 Å². The molecule has 1 amide bonds. The van der Waals surface area contributed by atoms with Crippen LogP contribution in [-0.4, -0.2) is 61.3 Å². The molecule has 0 bridgehead atoms. The molecule has 0 radical (unpaired) electrons. The normalized spacial score (nSPS) is 34.5. The Morgan fingerprint density at radius 1 is 1.16 bits per heavy atom. The standard InChI is InChI=1S/C11H18FN3O3S/c12-9-6-15(7-9)19(17,18)14-4-3-10-8(5-14)1-2-11(16)13-10/h8-10H,1-7H2,(H,13,16). The van der Waals surface area contributed by atoms with Crippen LogP contribution in [-0.2, 0) is 15.0 Å². The Hall–Kier alpha value is -0.730. The van der Waals surface area contributed by atoms with E-state index in [1.807, 2.05) is 0 Å². The van der Waals surface area contributed by atoms with Gasteiger partial charge in [0.25, 0.3) is 10.2 Å². The monoisotopic (exact) mass is 291 g/mol. The summed E-state index contributed by atoms with van der Waals surface area (Å²) in [6.45, 7) is 0.783. The van der Waals surface area contributed by atoms with Gasteiger partial charge in [-0.1, -0.05) is 0 Å². The molecule has 0 saturated carbocycles. The maximum Gasteiger partial charge on any atom is 0.282 e. The summed E-state index contributed by atoms with van der Waals surface area (Å²) in [7, 11) is -3.51. The molecule has 2 unspecified atom stereocenters. The molecule has 19 heavy (non-hydrogen) atoms.